The molecule has 0 aliphatic carbocycles. The fraction of sp³-hybridized carbons (Fsp3) is 0.571. The normalized spacial score (nSPS) is 18.3. The standard InChI is InChI=1S/C14H20FNO/c1-11-3-4-13(15)14(9-11)17-10-12-5-7-16(2)8-6-12/h3-4,9,12H,5-8,10H2,1-2H3. The smallest absolute Gasteiger partial charge is 0.165 e. The third-order valence-electron chi connectivity index (χ3n) is 3.40. The third kappa shape index (κ3) is 3.43. The number of benzene rings is 1. The van der Waals surface area contributed by atoms with Crippen LogP contribution in [-0.4, -0.2) is 31.6 Å². The van der Waals surface area contributed by atoms with E-state index in [0.717, 1.165) is 31.5 Å². The molecule has 0 amide bonds. The molecule has 1 saturated heterocycles. The van der Waals surface area contributed by atoms with Gasteiger partial charge in [-0.25, -0.2) is 4.39 Å². The van der Waals surface area contributed by atoms with Crippen LogP contribution in [0.15, 0.2) is 18.2 Å². The minimum absolute atomic E-state index is 0.261. The number of likely N-dealkylation sites (tertiary alicyclic amines) is 1. The molecule has 1 aromatic carbocycles. The van der Waals surface area contributed by atoms with E-state index in [1.807, 2.05) is 6.92 Å². The Labute approximate surface area is 102 Å². The third-order valence-corrected chi connectivity index (χ3v) is 3.40. The van der Waals surface area contributed by atoms with E-state index in [1.54, 1.807) is 12.1 Å². The molecule has 0 atom stereocenters. The van der Waals surface area contributed by atoms with Crippen LogP contribution in [0, 0.1) is 18.7 Å². The SMILES string of the molecule is Cc1ccc(F)c(OCC2CCN(C)CC2)c1. The lowest BCUT2D eigenvalue weighted by Crippen LogP contribution is -2.32. The lowest BCUT2D eigenvalue weighted by molar-refractivity contribution is 0.157. The van der Waals surface area contributed by atoms with Crippen molar-refractivity contribution in [1.82, 2.24) is 4.90 Å². The summed E-state index contributed by atoms with van der Waals surface area (Å²) in [5.74, 6) is 0.693. The highest BCUT2D eigenvalue weighted by molar-refractivity contribution is 5.29. The number of ether oxygens (including phenoxy) is 1. The van der Waals surface area contributed by atoms with E-state index in [-0.39, 0.29) is 5.82 Å². The summed E-state index contributed by atoms with van der Waals surface area (Å²) >= 11 is 0. The summed E-state index contributed by atoms with van der Waals surface area (Å²) in [5, 5.41) is 0. The number of piperidine rings is 1. The van der Waals surface area contributed by atoms with E-state index in [0.29, 0.717) is 18.3 Å². The van der Waals surface area contributed by atoms with Gasteiger partial charge in [-0.1, -0.05) is 6.07 Å². The Morgan fingerprint density at radius 1 is 1.35 bits per heavy atom. The second-order valence-electron chi connectivity index (χ2n) is 4.99. The van der Waals surface area contributed by atoms with Crippen molar-refractivity contribution in [2.24, 2.45) is 5.92 Å². The van der Waals surface area contributed by atoms with Crippen LogP contribution >= 0.6 is 0 Å². The van der Waals surface area contributed by atoms with Crippen LogP contribution < -0.4 is 4.74 Å². The Balaban J connectivity index is 1.87. The second-order valence-corrected chi connectivity index (χ2v) is 4.99. The molecular weight excluding hydrogens is 217 g/mol. The lowest BCUT2D eigenvalue weighted by Gasteiger charge is -2.28. The first kappa shape index (κ1) is 12.4. The number of hydrogen-bond acceptors (Lipinski definition) is 2. The number of nitrogens with zero attached hydrogens (tertiary/aromatic N) is 1. The van der Waals surface area contributed by atoms with Crippen molar-refractivity contribution >= 4 is 0 Å². The van der Waals surface area contributed by atoms with Gasteiger partial charge in [-0.15, -0.1) is 0 Å². The van der Waals surface area contributed by atoms with Gasteiger partial charge in [0.25, 0.3) is 0 Å². The Bertz CT molecular complexity index is 372. The zero-order valence-electron chi connectivity index (χ0n) is 10.6. The first-order valence-corrected chi connectivity index (χ1v) is 6.22. The van der Waals surface area contributed by atoms with Crippen molar-refractivity contribution in [2.45, 2.75) is 19.8 Å². The lowest BCUT2D eigenvalue weighted by atomic mass is 9.98. The summed E-state index contributed by atoms with van der Waals surface area (Å²) in [6, 6.07) is 5.00. The average Bonchev–Trinajstić information content (AvgIpc) is 2.32. The highest BCUT2D eigenvalue weighted by Gasteiger charge is 2.17. The van der Waals surface area contributed by atoms with Gasteiger partial charge >= 0.3 is 0 Å². The highest BCUT2D eigenvalue weighted by Crippen LogP contribution is 2.22. The molecule has 2 nitrogen and oxygen atoms in total. The Kier molecular flexibility index (Phi) is 4.00. The van der Waals surface area contributed by atoms with E-state index in [9.17, 15) is 4.39 Å². The van der Waals surface area contributed by atoms with Crippen LogP contribution in [0.4, 0.5) is 4.39 Å². The largest absolute Gasteiger partial charge is 0.490 e. The van der Waals surface area contributed by atoms with Gasteiger partial charge in [-0.2, -0.15) is 0 Å². The molecule has 17 heavy (non-hydrogen) atoms. The maximum absolute atomic E-state index is 13.5. The molecule has 1 heterocycles. The molecule has 1 aromatic rings. The monoisotopic (exact) mass is 237 g/mol. The van der Waals surface area contributed by atoms with Gasteiger partial charge in [0.15, 0.2) is 11.6 Å². The van der Waals surface area contributed by atoms with E-state index >= 15 is 0 Å². The molecule has 1 aliphatic rings. The summed E-state index contributed by atoms with van der Waals surface area (Å²) in [4.78, 5) is 2.32. The van der Waals surface area contributed by atoms with E-state index < -0.39 is 0 Å². The van der Waals surface area contributed by atoms with Gasteiger partial charge in [0.05, 0.1) is 6.61 Å². The van der Waals surface area contributed by atoms with E-state index in [4.69, 9.17) is 4.74 Å². The predicted molar refractivity (Wildman–Crippen MR) is 66.9 cm³/mol. The molecule has 0 bridgehead atoms. The molecule has 0 N–H and O–H groups in total. The highest BCUT2D eigenvalue weighted by atomic mass is 19.1. The minimum Gasteiger partial charge on any atom is -0.490 e. The predicted octanol–water partition coefficient (Wildman–Crippen LogP) is 2.85. The van der Waals surface area contributed by atoms with Crippen LogP contribution in [0.5, 0.6) is 5.75 Å². The topological polar surface area (TPSA) is 12.5 Å². The van der Waals surface area contributed by atoms with Crippen LogP contribution in [-0.2, 0) is 0 Å². The van der Waals surface area contributed by atoms with Crippen molar-refractivity contribution in [3.63, 3.8) is 0 Å². The summed E-state index contributed by atoms with van der Waals surface area (Å²) in [6.45, 7) is 4.81. The molecule has 3 heteroatoms. The Morgan fingerprint density at radius 2 is 2.06 bits per heavy atom. The molecule has 1 aliphatic heterocycles. The average molecular weight is 237 g/mol. The molecule has 2 rings (SSSR count). The van der Waals surface area contributed by atoms with Gasteiger partial charge in [0.2, 0.25) is 0 Å². The summed E-state index contributed by atoms with van der Waals surface area (Å²) in [7, 11) is 2.14. The summed E-state index contributed by atoms with van der Waals surface area (Å²) in [6.07, 6.45) is 2.29. The Hall–Kier alpha value is -1.09. The minimum atomic E-state index is -0.261. The number of rotatable bonds is 3. The maximum Gasteiger partial charge on any atom is 0.165 e. The van der Waals surface area contributed by atoms with Gasteiger partial charge in [0, 0.05) is 0 Å². The first-order valence-electron chi connectivity index (χ1n) is 6.22. The zero-order valence-corrected chi connectivity index (χ0v) is 10.6. The fourth-order valence-electron chi connectivity index (χ4n) is 2.16. The van der Waals surface area contributed by atoms with Crippen LogP contribution in [0.1, 0.15) is 18.4 Å². The van der Waals surface area contributed by atoms with Gasteiger partial charge in [-0.3, -0.25) is 0 Å². The van der Waals surface area contributed by atoms with Crippen molar-refractivity contribution in [3.05, 3.63) is 29.6 Å². The molecule has 0 saturated carbocycles. The van der Waals surface area contributed by atoms with Crippen LogP contribution in [0.3, 0.4) is 0 Å². The fourth-order valence-corrected chi connectivity index (χ4v) is 2.16. The van der Waals surface area contributed by atoms with Crippen molar-refractivity contribution in [1.29, 1.82) is 0 Å². The molecule has 0 radical (unpaired) electrons. The maximum atomic E-state index is 13.5. The van der Waals surface area contributed by atoms with E-state index in [2.05, 4.69) is 11.9 Å². The first-order chi connectivity index (χ1) is 8.15. The summed E-state index contributed by atoms with van der Waals surface area (Å²) in [5.41, 5.74) is 1.03. The van der Waals surface area contributed by atoms with Gasteiger partial charge in [0.1, 0.15) is 0 Å². The quantitative estimate of drug-likeness (QED) is 0.801. The molecule has 0 spiro atoms. The molecule has 94 valence electrons. The van der Waals surface area contributed by atoms with Gasteiger partial charge in [-0.05, 0) is 63.5 Å². The van der Waals surface area contributed by atoms with Gasteiger partial charge < -0.3 is 9.64 Å². The Morgan fingerprint density at radius 3 is 2.76 bits per heavy atom. The number of hydrogen-bond donors (Lipinski definition) is 0. The van der Waals surface area contributed by atoms with E-state index in [1.165, 1.54) is 6.07 Å². The van der Waals surface area contributed by atoms with Crippen molar-refractivity contribution in [2.75, 3.05) is 26.7 Å². The summed E-state index contributed by atoms with van der Waals surface area (Å²) < 4.78 is 19.1. The zero-order chi connectivity index (χ0) is 12.3. The van der Waals surface area contributed by atoms with Crippen molar-refractivity contribution < 1.29 is 9.13 Å². The molecule has 0 aromatic heterocycles. The molecule has 1 fully saturated rings. The number of aryl methyl sites for hydroxylation is 1. The van der Waals surface area contributed by atoms with Crippen molar-refractivity contribution in [3.8, 4) is 5.75 Å². The number of halogens is 1. The molecule has 0 unspecified atom stereocenters. The van der Waals surface area contributed by atoms with Crippen LogP contribution in [0.25, 0.3) is 0 Å². The van der Waals surface area contributed by atoms with Crippen LogP contribution in [0.2, 0.25) is 0 Å². The molecular formula is C14H20FNO. The second kappa shape index (κ2) is 5.50.